The zero-order valence-electron chi connectivity index (χ0n) is 12.4. The molecule has 0 saturated carbocycles. The Labute approximate surface area is 116 Å². The van der Waals surface area contributed by atoms with Crippen LogP contribution in [0.2, 0.25) is 0 Å². The molecule has 0 aliphatic carbocycles. The fourth-order valence-electron chi connectivity index (χ4n) is 1.96. The van der Waals surface area contributed by atoms with E-state index in [1.165, 1.54) is 5.56 Å². The Morgan fingerprint density at radius 2 is 2.32 bits per heavy atom. The second kappa shape index (κ2) is 8.91. The van der Waals surface area contributed by atoms with Gasteiger partial charge in [-0.3, -0.25) is 4.90 Å². The van der Waals surface area contributed by atoms with E-state index in [0.29, 0.717) is 0 Å². The van der Waals surface area contributed by atoms with Crippen LogP contribution in [0.3, 0.4) is 0 Å². The van der Waals surface area contributed by atoms with Gasteiger partial charge in [0.05, 0.1) is 13.2 Å². The highest BCUT2D eigenvalue weighted by molar-refractivity contribution is 5.20. The fourth-order valence-corrected chi connectivity index (χ4v) is 1.96. The molecule has 0 aromatic carbocycles. The summed E-state index contributed by atoms with van der Waals surface area (Å²) in [7, 11) is 1.72. The van der Waals surface area contributed by atoms with Crippen molar-refractivity contribution in [3.8, 4) is 0 Å². The van der Waals surface area contributed by atoms with Crippen molar-refractivity contribution < 1.29 is 9.15 Å². The molecule has 108 valence electrons. The van der Waals surface area contributed by atoms with Gasteiger partial charge in [0, 0.05) is 32.3 Å². The maximum atomic E-state index is 5.81. The second-order valence-corrected chi connectivity index (χ2v) is 4.59. The molecule has 0 fully saturated rings. The SMILES string of the molecule is C=CCN(CCOC)Cc1cc(CNCC)c(C)o1. The van der Waals surface area contributed by atoms with Crippen molar-refractivity contribution in [3.05, 3.63) is 35.8 Å². The highest BCUT2D eigenvalue weighted by atomic mass is 16.5. The molecule has 0 aliphatic heterocycles. The molecule has 1 rings (SSSR count). The Balaban J connectivity index is 2.59. The molecule has 1 N–H and O–H groups in total. The smallest absolute Gasteiger partial charge is 0.118 e. The fraction of sp³-hybridized carbons (Fsp3) is 0.600. The molecule has 0 spiro atoms. The number of hydrogen-bond donors (Lipinski definition) is 1. The minimum absolute atomic E-state index is 0.720. The second-order valence-electron chi connectivity index (χ2n) is 4.59. The topological polar surface area (TPSA) is 37.6 Å². The van der Waals surface area contributed by atoms with Crippen LogP contribution in [0.25, 0.3) is 0 Å². The first-order valence-corrected chi connectivity index (χ1v) is 6.82. The van der Waals surface area contributed by atoms with Gasteiger partial charge in [0.1, 0.15) is 11.5 Å². The van der Waals surface area contributed by atoms with Crippen LogP contribution in [-0.2, 0) is 17.8 Å². The van der Waals surface area contributed by atoms with Crippen LogP contribution in [0, 0.1) is 6.92 Å². The van der Waals surface area contributed by atoms with Gasteiger partial charge < -0.3 is 14.5 Å². The monoisotopic (exact) mass is 266 g/mol. The zero-order chi connectivity index (χ0) is 14.1. The zero-order valence-corrected chi connectivity index (χ0v) is 12.4. The van der Waals surface area contributed by atoms with Gasteiger partial charge in [-0.2, -0.15) is 0 Å². The first-order chi connectivity index (χ1) is 9.21. The quantitative estimate of drug-likeness (QED) is 0.660. The largest absolute Gasteiger partial charge is 0.465 e. The van der Waals surface area contributed by atoms with E-state index in [2.05, 4.69) is 29.8 Å². The van der Waals surface area contributed by atoms with Crippen LogP contribution in [0.4, 0.5) is 0 Å². The van der Waals surface area contributed by atoms with Crippen LogP contribution in [0.15, 0.2) is 23.1 Å². The van der Waals surface area contributed by atoms with Crippen LogP contribution in [0.1, 0.15) is 24.0 Å². The average Bonchev–Trinajstić information content (AvgIpc) is 2.74. The molecule has 1 aromatic rings. The Morgan fingerprint density at radius 3 is 2.95 bits per heavy atom. The highest BCUT2D eigenvalue weighted by Crippen LogP contribution is 2.16. The van der Waals surface area contributed by atoms with Gasteiger partial charge in [0.25, 0.3) is 0 Å². The lowest BCUT2D eigenvalue weighted by atomic mass is 10.2. The third kappa shape index (κ3) is 5.59. The van der Waals surface area contributed by atoms with E-state index < -0.39 is 0 Å². The summed E-state index contributed by atoms with van der Waals surface area (Å²) in [6, 6.07) is 2.14. The number of hydrogen-bond acceptors (Lipinski definition) is 4. The lowest BCUT2D eigenvalue weighted by molar-refractivity contribution is 0.146. The molecule has 4 heteroatoms. The number of nitrogens with one attached hydrogen (secondary N) is 1. The summed E-state index contributed by atoms with van der Waals surface area (Å²) in [6.45, 7) is 13.0. The molecular formula is C15H26N2O2. The minimum atomic E-state index is 0.720. The maximum absolute atomic E-state index is 5.81. The number of aryl methyl sites for hydroxylation is 1. The molecule has 0 bridgehead atoms. The average molecular weight is 266 g/mol. The Morgan fingerprint density at radius 1 is 1.53 bits per heavy atom. The van der Waals surface area contributed by atoms with Crippen LogP contribution in [0.5, 0.6) is 0 Å². The minimum Gasteiger partial charge on any atom is -0.465 e. The predicted octanol–water partition coefficient (Wildman–Crippen LogP) is 2.33. The molecular weight excluding hydrogens is 240 g/mol. The van der Waals surface area contributed by atoms with Gasteiger partial charge in [0.2, 0.25) is 0 Å². The van der Waals surface area contributed by atoms with Gasteiger partial charge in [0.15, 0.2) is 0 Å². The van der Waals surface area contributed by atoms with Gasteiger partial charge >= 0.3 is 0 Å². The first kappa shape index (κ1) is 16.0. The molecule has 1 aromatic heterocycles. The van der Waals surface area contributed by atoms with Crippen molar-refractivity contribution in [2.24, 2.45) is 0 Å². The van der Waals surface area contributed by atoms with Crippen LogP contribution < -0.4 is 5.32 Å². The summed E-state index contributed by atoms with van der Waals surface area (Å²) in [4.78, 5) is 2.26. The molecule has 0 radical (unpaired) electrons. The summed E-state index contributed by atoms with van der Waals surface area (Å²) in [5.74, 6) is 2.00. The summed E-state index contributed by atoms with van der Waals surface area (Å²) >= 11 is 0. The first-order valence-electron chi connectivity index (χ1n) is 6.82. The molecule has 0 aliphatic rings. The van der Waals surface area contributed by atoms with E-state index in [1.54, 1.807) is 7.11 Å². The third-order valence-corrected chi connectivity index (χ3v) is 3.02. The third-order valence-electron chi connectivity index (χ3n) is 3.02. The molecule has 19 heavy (non-hydrogen) atoms. The van der Waals surface area contributed by atoms with E-state index >= 15 is 0 Å². The summed E-state index contributed by atoms with van der Waals surface area (Å²) < 4.78 is 10.9. The molecule has 0 atom stereocenters. The van der Waals surface area contributed by atoms with Gasteiger partial charge in [-0.15, -0.1) is 6.58 Å². The Kier molecular flexibility index (Phi) is 7.48. The number of rotatable bonds is 10. The van der Waals surface area contributed by atoms with Gasteiger partial charge in [-0.1, -0.05) is 13.0 Å². The van der Waals surface area contributed by atoms with Crippen molar-refractivity contribution in [2.75, 3.05) is 33.4 Å². The van der Waals surface area contributed by atoms with E-state index in [-0.39, 0.29) is 0 Å². The van der Waals surface area contributed by atoms with Gasteiger partial charge in [-0.05, 0) is 19.5 Å². The van der Waals surface area contributed by atoms with Crippen molar-refractivity contribution in [1.82, 2.24) is 10.2 Å². The van der Waals surface area contributed by atoms with E-state index in [0.717, 1.165) is 50.9 Å². The molecule has 0 saturated heterocycles. The highest BCUT2D eigenvalue weighted by Gasteiger charge is 2.10. The molecule has 4 nitrogen and oxygen atoms in total. The Hall–Kier alpha value is -1.10. The van der Waals surface area contributed by atoms with Crippen molar-refractivity contribution in [2.45, 2.75) is 26.9 Å². The number of ether oxygens (including phenoxy) is 1. The van der Waals surface area contributed by atoms with Crippen molar-refractivity contribution in [1.29, 1.82) is 0 Å². The Bertz CT molecular complexity index is 374. The van der Waals surface area contributed by atoms with Crippen LogP contribution >= 0.6 is 0 Å². The molecule has 0 unspecified atom stereocenters. The number of furan rings is 1. The number of methoxy groups -OCH3 is 1. The van der Waals surface area contributed by atoms with E-state index in [4.69, 9.17) is 9.15 Å². The lowest BCUT2D eigenvalue weighted by Gasteiger charge is -2.18. The van der Waals surface area contributed by atoms with Gasteiger partial charge in [-0.25, -0.2) is 0 Å². The normalized spacial score (nSPS) is 11.2. The maximum Gasteiger partial charge on any atom is 0.118 e. The van der Waals surface area contributed by atoms with E-state index in [9.17, 15) is 0 Å². The predicted molar refractivity (Wildman–Crippen MR) is 78.2 cm³/mol. The van der Waals surface area contributed by atoms with Crippen molar-refractivity contribution in [3.63, 3.8) is 0 Å². The van der Waals surface area contributed by atoms with Crippen molar-refractivity contribution >= 4 is 0 Å². The summed E-state index contributed by atoms with van der Waals surface area (Å²) in [6.07, 6.45) is 1.91. The van der Waals surface area contributed by atoms with E-state index in [1.807, 2.05) is 13.0 Å². The van der Waals surface area contributed by atoms with Crippen LogP contribution in [-0.4, -0.2) is 38.3 Å². The summed E-state index contributed by atoms with van der Waals surface area (Å²) in [5, 5.41) is 3.32. The number of nitrogens with zero attached hydrogens (tertiary/aromatic N) is 1. The molecule has 1 heterocycles. The lowest BCUT2D eigenvalue weighted by Crippen LogP contribution is -2.26. The molecule has 0 amide bonds. The summed E-state index contributed by atoms with van der Waals surface area (Å²) in [5.41, 5.74) is 1.24. The standard InChI is InChI=1S/C15H26N2O2/c1-5-7-17(8-9-18-4)12-15-10-14(11-16-6-2)13(3)19-15/h5,10,16H,1,6-9,11-12H2,2-4H3.